The topological polar surface area (TPSA) is 25.8 Å². The molecule has 7 heteroatoms. The number of rotatable bonds is 0. The molecule has 0 saturated carbocycles. The van der Waals surface area contributed by atoms with Crippen LogP contribution in [0.2, 0.25) is 5.02 Å². The lowest BCUT2D eigenvalue weighted by Gasteiger charge is -2.11. The van der Waals surface area contributed by atoms with Gasteiger partial charge < -0.3 is 0 Å². The van der Waals surface area contributed by atoms with Gasteiger partial charge in [0.15, 0.2) is 0 Å². The van der Waals surface area contributed by atoms with E-state index in [0.29, 0.717) is 10.9 Å². The zero-order valence-electron chi connectivity index (χ0n) is 7.52. The van der Waals surface area contributed by atoms with E-state index in [2.05, 4.69) is 9.97 Å². The lowest BCUT2D eigenvalue weighted by atomic mass is 10.1. The van der Waals surface area contributed by atoms with E-state index in [9.17, 15) is 13.2 Å². The third-order valence-electron chi connectivity index (χ3n) is 1.98. The third kappa shape index (κ3) is 1.95. The number of benzene rings is 1. The molecule has 0 radical (unpaired) electrons. The van der Waals surface area contributed by atoms with Crippen molar-refractivity contribution in [2.75, 3.05) is 0 Å². The van der Waals surface area contributed by atoms with Crippen LogP contribution in [0.4, 0.5) is 13.2 Å². The Morgan fingerprint density at radius 2 is 2.00 bits per heavy atom. The highest BCUT2D eigenvalue weighted by molar-refractivity contribution is 14.1. The van der Waals surface area contributed by atoms with E-state index in [1.54, 1.807) is 22.6 Å². The zero-order valence-corrected chi connectivity index (χ0v) is 10.4. The standard InChI is InChI=1S/C9H3ClF3IN2/c10-6-5(9(11,12)13)1-4-2-15-3-16-8(4)7(6)14/h1-3H. The highest BCUT2D eigenvalue weighted by Gasteiger charge is 2.34. The van der Waals surface area contributed by atoms with Crippen molar-refractivity contribution in [3.8, 4) is 0 Å². The minimum atomic E-state index is -4.47. The van der Waals surface area contributed by atoms with Crippen LogP contribution in [-0.4, -0.2) is 9.97 Å². The zero-order chi connectivity index (χ0) is 11.9. The van der Waals surface area contributed by atoms with Gasteiger partial charge in [-0.05, 0) is 28.7 Å². The first kappa shape index (κ1) is 11.8. The molecule has 1 aromatic carbocycles. The van der Waals surface area contributed by atoms with Gasteiger partial charge in [0.2, 0.25) is 0 Å². The molecular weight excluding hydrogens is 355 g/mol. The summed E-state index contributed by atoms with van der Waals surface area (Å²) in [7, 11) is 0. The van der Waals surface area contributed by atoms with Crippen molar-refractivity contribution >= 4 is 45.1 Å². The molecule has 2 rings (SSSR count). The molecule has 1 aromatic heterocycles. The largest absolute Gasteiger partial charge is 0.417 e. The van der Waals surface area contributed by atoms with Crippen LogP contribution in [0.3, 0.4) is 0 Å². The summed E-state index contributed by atoms with van der Waals surface area (Å²) in [4.78, 5) is 7.58. The summed E-state index contributed by atoms with van der Waals surface area (Å²) < 4.78 is 38.2. The van der Waals surface area contributed by atoms with Gasteiger partial charge in [0.05, 0.1) is 19.7 Å². The van der Waals surface area contributed by atoms with E-state index < -0.39 is 11.7 Å². The fraction of sp³-hybridized carbons (Fsp3) is 0.111. The van der Waals surface area contributed by atoms with Gasteiger partial charge in [-0.15, -0.1) is 0 Å². The molecule has 0 bridgehead atoms. The van der Waals surface area contributed by atoms with E-state index in [-0.39, 0.29) is 8.59 Å². The van der Waals surface area contributed by atoms with Crippen LogP contribution < -0.4 is 0 Å². The summed E-state index contributed by atoms with van der Waals surface area (Å²) in [6.45, 7) is 0. The molecule has 0 aliphatic carbocycles. The van der Waals surface area contributed by atoms with E-state index in [0.717, 1.165) is 6.07 Å². The molecule has 1 heterocycles. The summed E-state index contributed by atoms with van der Waals surface area (Å²) in [6.07, 6.45) is -1.87. The molecule has 0 amide bonds. The Morgan fingerprint density at radius 3 is 2.62 bits per heavy atom. The van der Waals surface area contributed by atoms with Crippen molar-refractivity contribution in [3.63, 3.8) is 0 Å². The summed E-state index contributed by atoms with van der Waals surface area (Å²) >= 11 is 7.41. The molecule has 84 valence electrons. The molecule has 0 unspecified atom stereocenters. The Bertz CT molecular complexity index is 556. The second-order valence-corrected chi connectivity index (χ2v) is 4.47. The molecule has 2 aromatic rings. The fourth-order valence-corrected chi connectivity index (χ4v) is 2.27. The highest BCUT2D eigenvalue weighted by Crippen LogP contribution is 2.39. The normalized spacial score (nSPS) is 12.1. The van der Waals surface area contributed by atoms with E-state index in [1.165, 1.54) is 12.5 Å². The van der Waals surface area contributed by atoms with Crippen LogP contribution in [0.25, 0.3) is 10.9 Å². The van der Waals surface area contributed by atoms with Gasteiger partial charge in [-0.2, -0.15) is 13.2 Å². The van der Waals surface area contributed by atoms with Crippen molar-refractivity contribution < 1.29 is 13.2 Å². The SMILES string of the molecule is FC(F)(F)c1cc2cncnc2c(I)c1Cl. The van der Waals surface area contributed by atoms with Crippen molar-refractivity contribution in [1.29, 1.82) is 0 Å². The van der Waals surface area contributed by atoms with Crippen molar-refractivity contribution in [2.24, 2.45) is 0 Å². The maximum atomic E-state index is 12.6. The van der Waals surface area contributed by atoms with Crippen LogP contribution in [0.15, 0.2) is 18.6 Å². The minimum absolute atomic E-state index is 0.284. The molecule has 0 aliphatic rings. The molecule has 0 spiro atoms. The lowest BCUT2D eigenvalue weighted by molar-refractivity contribution is -0.137. The Hall–Kier alpha value is -0.630. The number of hydrogen-bond acceptors (Lipinski definition) is 2. The smallest absolute Gasteiger partial charge is 0.244 e. The quantitative estimate of drug-likeness (QED) is 0.668. The number of halogens is 5. The van der Waals surface area contributed by atoms with E-state index in [4.69, 9.17) is 11.6 Å². The summed E-state index contributed by atoms with van der Waals surface area (Å²) in [5, 5.41) is 0.00271. The molecular formula is C9H3ClF3IN2. The first-order chi connectivity index (χ1) is 7.41. The van der Waals surface area contributed by atoms with Crippen molar-refractivity contribution in [3.05, 3.63) is 32.7 Å². The first-order valence-corrected chi connectivity index (χ1v) is 5.52. The lowest BCUT2D eigenvalue weighted by Crippen LogP contribution is -2.07. The van der Waals surface area contributed by atoms with Gasteiger partial charge in [-0.25, -0.2) is 9.97 Å². The highest BCUT2D eigenvalue weighted by atomic mass is 127. The summed E-state index contributed by atoms with van der Waals surface area (Å²) in [5.41, 5.74) is -0.436. The predicted octanol–water partition coefficient (Wildman–Crippen LogP) is 3.91. The van der Waals surface area contributed by atoms with Gasteiger partial charge in [-0.3, -0.25) is 0 Å². The Labute approximate surface area is 107 Å². The van der Waals surface area contributed by atoms with E-state index >= 15 is 0 Å². The van der Waals surface area contributed by atoms with Crippen LogP contribution in [0.1, 0.15) is 5.56 Å². The predicted molar refractivity (Wildman–Crippen MR) is 62.3 cm³/mol. The molecule has 0 saturated heterocycles. The number of alkyl halides is 3. The monoisotopic (exact) mass is 358 g/mol. The van der Waals surface area contributed by atoms with Crippen molar-refractivity contribution in [2.45, 2.75) is 6.18 Å². The van der Waals surface area contributed by atoms with Gasteiger partial charge in [0, 0.05) is 11.6 Å². The number of hydrogen-bond donors (Lipinski definition) is 0. The molecule has 2 nitrogen and oxygen atoms in total. The van der Waals surface area contributed by atoms with Crippen LogP contribution in [0.5, 0.6) is 0 Å². The Morgan fingerprint density at radius 1 is 1.31 bits per heavy atom. The van der Waals surface area contributed by atoms with Gasteiger partial charge in [-0.1, -0.05) is 11.6 Å². The second-order valence-electron chi connectivity index (χ2n) is 3.01. The van der Waals surface area contributed by atoms with Crippen molar-refractivity contribution in [1.82, 2.24) is 9.97 Å². The molecule has 0 atom stereocenters. The minimum Gasteiger partial charge on any atom is -0.244 e. The fourth-order valence-electron chi connectivity index (χ4n) is 1.28. The number of nitrogens with zero attached hydrogens (tertiary/aromatic N) is 2. The number of aromatic nitrogens is 2. The average Bonchev–Trinajstić information content (AvgIpc) is 2.22. The Kier molecular flexibility index (Phi) is 2.95. The molecule has 16 heavy (non-hydrogen) atoms. The number of fused-ring (bicyclic) bond motifs is 1. The van der Waals surface area contributed by atoms with Gasteiger partial charge in [0.1, 0.15) is 6.33 Å². The summed E-state index contributed by atoms with van der Waals surface area (Å²) in [5.74, 6) is 0. The maximum absolute atomic E-state index is 12.6. The molecule has 0 fully saturated rings. The second kappa shape index (κ2) is 3.99. The van der Waals surface area contributed by atoms with Crippen LogP contribution in [-0.2, 0) is 6.18 Å². The molecule has 0 aliphatic heterocycles. The third-order valence-corrected chi connectivity index (χ3v) is 3.74. The molecule has 0 N–H and O–H groups in total. The summed E-state index contributed by atoms with van der Waals surface area (Å²) in [6, 6.07) is 0.958. The van der Waals surface area contributed by atoms with Crippen LogP contribution in [0, 0.1) is 3.57 Å². The Balaban J connectivity index is 2.84. The van der Waals surface area contributed by atoms with Gasteiger partial charge >= 0.3 is 6.18 Å². The van der Waals surface area contributed by atoms with Gasteiger partial charge in [0.25, 0.3) is 0 Å². The maximum Gasteiger partial charge on any atom is 0.417 e. The first-order valence-electron chi connectivity index (χ1n) is 4.06. The van der Waals surface area contributed by atoms with Crippen LogP contribution >= 0.6 is 34.2 Å². The van der Waals surface area contributed by atoms with E-state index in [1.807, 2.05) is 0 Å². The average molecular weight is 358 g/mol.